The molecule has 1 saturated carbocycles. The fourth-order valence-corrected chi connectivity index (χ4v) is 2.54. The summed E-state index contributed by atoms with van der Waals surface area (Å²) in [5, 5.41) is 0. The van der Waals surface area contributed by atoms with Gasteiger partial charge in [-0.05, 0) is 17.3 Å². The van der Waals surface area contributed by atoms with Crippen LogP contribution in [-0.4, -0.2) is 5.92 Å². The number of halogens is 2. The molecule has 2 unspecified atom stereocenters. The summed E-state index contributed by atoms with van der Waals surface area (Å²) < 4.78 is 26.3. The molecule has 0 aliphatic heterocycles. The largest absolute Gasteiger partial charge is 0.248 e. The van der Waals surface area contributed by atoms with E-state index in [0.717, 1.165) is 6.42 Å². The van der Waals surface area contributed by atoms with Gasteiger partial charge in [-0.15, -0.1) is 0 Å². The van der Waals surface area contributed by atoms with Crippen LogP contribution in [0.15, 0.2) is 0 Å². The number of rotatable bonds is 1. The Hall–Kier alpha value is -0.140. The van der Waals surface area contributed by atoms with Crippen LogP contribution in [0.5, 0.6) is 0 Å². The minimum Gasteiger partial charge on any atom is -0.207 e. The minimum absolute atomic E-state index is 0.0284. The summed E-state index contributed by atoms with van der Waals surface area (Å²) >= 11 is 0. The summed E-state index contributed by atoms with van der Waals surface area (Å²) in [5.74, 6) is -2.00. The lowest BCUT2D eigenvalue weighted by molar-refractivity contribution is -0.00190. The lowest BCUT2D eigenvalue weighted by Crippen LogP contribution is -2.24. The summed E-state index contributed by atoms with van der Waals surface area (Å²) in [6.45, 7) is 8.23. The van der Waals surface area contributed by atoms with Crippen molar-refractivity contribution in [2.24, 2.45) is 17.3 Å². The maximum atomic E-state index is 13.2. The van der Waals surface area contributed by atoms with Crippen molar-refractivity contribution in [3.63, 3.8) is 0 Å². The second-order valence-electron chi connectivity index (χ2n) is 5.41. The molecular weight excluding hydrogens is 170 g/mol. The second-order valence-corrected chi connectivity index (χ2v) is 5.41. The van der Waals surface area contributed by atoms with E-state index in [9.17, 15) is 8.78 Å². The monoisotopic (exact) mass is 190 g/mol. The predicted molar refractivity (Wildman–Crippen MR) is 50.9 cm³/mol. The van der Waals surface area contributed by atoms with Crippen molar-refractivity contribution in [2.45, 2.75) is 52.9 Å². The van der Waals surface area contributed by atoms with Gasteiger partial charge in [0.05, 0.1) is 0 Å². The van der Waals surface area contributed by atoms with E-state index in [1.807, 2.05) is 6.92 Å². The molecule has 0 aromatic heterocycles. The fourth-order valence-electron chi connectivity index (χ4n) is 2.54. The van der Waals surface area contributed by atoms with Gasteiger partial charge in [0.15, 0.2) is 0 Å². The topological polar surface area (TPSA) is 0 Å². The van der Waals surface area contributed by atoms with E-state index in [-0.39, 0.29) is 30.1 Å². The lowest BCUT2D eigenvalue weighted by Gasteiger charge is -2.31. The highest BCUT2D eigenvalue weighted by molar-refractivity contribution is 4.93. The van der Waals surface area contributed by atoms with E-state index in [4.69, 9.17) is 0 Å². The van der Waals surface area contributed by atoms with Crippen LogP contribution >= 0.6 is 0 Å². The molecule has 2 heteroatoms. The molecule has 0 radical (unpaired) electrons. The Bertz CT molecular complexity index is 179. The Morgan fingerprint density at radius 3 is 2.08 bits per heavy atom. The molecule has 0 nitrogen and oxygen atoms in total. The van der Waals surface area contributed by atoms with Gasteiger partial charge in [-0.3, -0.25) is 0 Å². The lowest BCUT2D eigenvalue weighted by atomic mass is 9.74. The SMILES string of the molecule is CCC1CC(F)(F)CC1C(C)(C)C. The van der Waals surface area contributed by atoms with Crippen molar-refractivity contribution >= 4 is 0 Å². The van der Waals surface area contributed by atoms with E-state index >= 15 is 0 Å². The first-order valence-corrected chi connectivity index (χ1v) is 5.14. The molecule has 0 bridgehead atoms. The van der Waals surface area contributed by atoms with Gasteiger partial charge in [0.25, 0.3) is 0 Å². The van der Waals surface area contributed by atoms with Crippen molar-refractivity contribution < 1.29 is 8.78 Å². The van der Waals surface area contributed by atoms with Gasteiger partial charge in [0.1, 0.15) is 0 Å². The molecular formula is C11H20F2. The Morgan fingerprint density at radius 2 is 1.77 bits per heavy atom. The van der Waals surface area contributed by atoms with Gasteiger partial charge in [-0.1, -0.05) is 34.1 Å². The molecule has 0 spiro atoms. The first-order valence-electron chi connectivity index (χ1n) is 5.14. The van der Waals surface area contributed by atoms with Crippen LogP contribution in [0.3, 0.4) is 0 Å². The molecule has 13 heavy (non-hydrogen) atoms. The van der Waals surface area contributed by atoms with Crippen molar-refractivity contribution in [1.82, 2.24) is 0 Å². The Morgan fingerprint density at radius 1 is 1.23 bits per heavy atom. The first-order chi connectivity index (χ1) is 5.76. The van der Waals surface area contributed by atoms with Gasteiger partial charge in [-0.2, -0.15) is 0 Å². The van der Waals surface area contributed by atoms with Crippen molar-refractivity contribution in [3.8, 4) is 0 Å². The second kappa shape index (κ2) is 3.21. The van der Waals surface area contributed by atoms with Crippen LogP contribution in [0.4, 0.5) is 8.78 Å². The van der Waals surface area contributed by atoms with Gasteiger partial charge in [0, 0.05) is 12.8 Å². The van der Waals surface area contributed by atoms with Crippen LogP contribution in [-0.2, 0) is 0 Å². The smallest absolute Gasteiger partial charge is 0.207 e. The number of alkyl halides is 2. The van der Waals surface area contributed by atoms with Crippen LogP contribution in [0, 0.1) is 17.3 Å². The third-order valence-corrected chi connectivity index (χ3v) is 3.29. The molecule has 0 heterocycles. The molecule has 0 N–H and O–H groups in total. The molecule has 0 aromatic carbocycles. The van der Waals surface area contributed by atoms with E-state index in [1.165, 1.54) is 0 Å². The summed E-state index contributed by atoms with van der Waals surface area (Å²) in [4.78, 5) is 0. The molecule has 1 rings (SSSR count). The molecule has 0 amide bonds. The zero-order valence-electron chi connectivity index (χ0n) is 9.03. The van der Waals surface area contributed by atoms with Crippen molar-refractivity contribution in [2.75, 3.05) is 0 Å². The normalized spacial score (nSPS) is 33.7. The van der Waals surface area contributed by atoms with Crippen LogP contribution in [0.25, 0.3) is 0 Å². The van der Waals surface area contributed by atoms with E-state index < -0.39 is 5.92 Å². The molecule has 0 aromatic rings. The molecule has 78 valence electrons. The van der Waals surface area contributed by atoms with Gasteiger partial charge in [-0.25, -0.2) is 8.78 Å². The Balaban J connectivity index is 2.75. The standard InChI is InChI=1S/C11H20F2/c1-5-8-6-11(12,13)7-9(8)10(2,3)4/h8-9H,5-7H2,1-4H3. The average Bonchev–Trinajstić information content (AvgIpc) is 2.24. The molecule has 1 aliphatic carbocycles. The third kappa shape index (κ3) is 2.41. The number of hydrogen-bond acceptors (Lipinski definition) is 0. The first kappa shape index (κ1) is 10.9. The summed E-state index contributed by atoms with van der Waals surface area (Å²) in [5.41, 5.74) is 0.0284. The highest BCUT2D eigenvalue weighted by Gasteiger charge is 2.49. The van der Waals surface area contributed by atoms with Gasteiger partial charge in [0.2, 0.25) is 5.92 Å². The van der Waals surface area contributed by atoms with Crippen LogP contribution in [0.2, 0.25) is 0 Å². The van der Waals surface area contributed by atoms with Gasteiger partial charge < -0.3 is 0 Å². The molecule has 2 atom stereocenters. The maximum Gasteiger partial charge on any atom is 0.248 e. The van der Waals surface area contributed by atoms with Crippen molar-refractivity contribution in [1.29, 1.82) is 0 Å². The van der Waals surface area contributed by atoms with Crippen LogP contribution in [0.1, 0.15) is 47.0 Å². The highest BCUT2D eigenvalue weighted by Crippen LogP contribution is 2.51. The summed E-state index contributed by atoms with van der Waals surface area (Å²) in [6.07, 6.45) is 1.08. The highest BCUT2D eigenvalue weighted by atomic mass is 19.3. The Kier molecular flexibility index (Phi) is 2.70. The average molecular weight is 190 g/mol. The number of hydrogen-bond donors (Lipinski definition) is 0. The quantitative estimate of drug-likeness (QED) is 0.584. The maximum absolute atomic E-state index is 13.2. The summed E-state index contributed by atoms with van der Waals surface area (Å²) in [7, 11) is 0. The van der Waals surface area contributed by atoms with Crippen molar-refractivity contribution in [3.05, 3.63) is 0 Å². The Labute approximate surface area is 79.7 Å². The fraction of sp³-hybridized carbons (Fsp3) is 1.00. The van der Waals surface area contributed by atoms with Crippen LogP contribution < -0.4 is 0 Å². The zero-order valence-corrected chi connectivity index (χ0v) is 9.03. The van der Waals surface area contributed by atoms with E-state index in [0.29, 0.717) is 0 Å². The van der Waals surface area contributed by atoms with E-state index in [1.54, 1.807) is 0 Å². The summed E-state index contributed by atoms with van der Waals surface area (Å²) in [6, 6.07) is 0. The van der Waals surface area contributed by atoms with E-state index in [2.05, 4.69) is 20.8 Å². The third-order valence-electron chi connectivity index (χ3n) is 3.29. The molecule has 0 saturated heterocycles. The predicted octanol–water partition coefficient (Wildman–Crippen LogP) is 4.10. The zero-order chi connectivity index (χ0) is 10.3. The molecule has 1 aliphatic rings. The minimum atomic E-state index is -2.40. The molecule has 1 fully saturated rings. The van der Waals surface area contributed by atoms with Gasteiger partial charge >= 0.3 is 0 Å².